The van der Waals surface area contributed by atoms with Crippen molar-refractivity contribution >= 4 is 0 Å². The van der Waals surface area contributed by atoms with Crippen LogP contribution in [0.15, 0.2) is 0 Å². The highest BCUT2D eigenvalue weighted by Crippen LogP contribution is 2.33. The van der Waals surface area contributed by atoms with Crippen LogP contribution in [0, 0.1) is 5.41 Å². The third-order valence-electron chi connectivity index (χ3n) is 5.33. The average Bonchev–Trinajstić information content (AvgIpc) is 2.45. The summed E-state index contributed by atoms with van der Waals surface area (Å²) < 4.78 is 0. The van der Waals surface area contributed by atoms with E-state index in [9.17, 15) is 0 Å². The van der Waals surface area contributed by atoms with E-state index < -0.39 is 0 Å². The summed E-state index contributed by atoms with van der Waals surface area (Å²) >= 11 is 0. The van der Waals surface area contributed by atoms with Crippen molar-refractivity contribution in [2.45, 2.75) is 118 Å². The lowest BCUT2D eigenvalue weighted by Crippen LogP contribution is -2.50. The summed E-state index contributed by atoms with van der Waals surface area (Å²) in [6, 6.07) is 0. The molecular formula is C21H45N. The van der Waals surface area contributed by atoms with Crippen LogP contribution in [0.25, 0.3) is 0 Å². The van der Waals surface area contributed by atoms with Gasteiger partial charge in [-0.15, -0.1) is 0 Å². The lowest BCUT2D eigenvalue weighted by atomic mass is 9.82. The summed E-state index contributed by atoms with van der Waals surface area (Å²) in [7, 11) is 0. The third kappa shape index (κ3) is 8.56. The van der Waals surface area contributed by atoms with E-state index in [-0.39, 0.29) is 0 Å². The lowest BCUT2D eigenvalue weighted by molar-refractivity contribution is 0.0449. The van der Waals surface area contributed by atoms with E-state index in [4.69, 9.17) is 0 Å². The van der Waals surface area contributed by atoms with Crippen LogP contribution >= 0.6 is 0 Å². The predicted octanol–water partition coefficient (Wildman–Crippen LogP) is 7.05. The van der Waals surface area contributed by atoms with E-state index in [0.29, 0.717) is 11.0 Å². The quantitative estimate of drug-likeness (QED) is 0.310. The van der Waals surface area contributed by atoms with Crippen LogP contribution in [-0.4, -0.2) is 23.5 Å². The summed E-state index contributed by atoms with van der Waals surface area (Å²) in [5, 5.41) is 0. The molecule has 134 valence electrons. The Bertz CT molecular complexity index is 247. The number of nitrogens with zero attached hydrogens (tertiary/aromatic N) is 1. The second-order valence-corrected chi connectivity index (χ2v) is 8.34. The van der Waals surface area contributed by atoms with Crippen LogP contribution in [0.5, 0.6) is 0 Å². The molecule has 0 aliphatic rings. The molecular weight excluding hydrogens is 266 g/mol. The van der Waals surface area contributed by atoms with Crippen LogP contribution in [0.3, 0.4) is 0 Å². The number of hydrogen-bond acceptors (Lipinski definition) is 1. The molecule has 0 saturated carbocycles. The van der Waals surface area contributed by atoms with Crippen LogP contribution in [-0.2, 0) is 0 Å². The molecule has 1 nitrogen and oxygen atoms in total. The Labute approximate surface area is 142 Å². The normalized spacial score (nSPS) is 13.1. The molecule has 0 N–H and O–H groups in total. The van der Waals surface area contributed by atoms with E-state index in [1.165, 1.54) is 77.3 Å². The Hall–Kier alpha value is -0.0400. The van der Waals surface area contributed by atoms with Gasteiger partial charge in [-0.2, -0.15) is 0 Å². The fourth-order valence-corrected chi connectivity index (χ4v) is 3.91. The first-order valence-corrected chi connectivity index (χ1v) is 10.1. The maximum Gasteiger partial charge on any atom is 0.0181 e. The second-order valence-electron chi connectivity index (χ2n) is 8.34. The first kappa shape index (κ1) is 22.0. The maximum absolute atomic E-state index is 2.81. The van der Waals surface area contributed by atoms with Crippen molar-refractivity contribution < 1.29 is 0 Å². The van der Waals surface area contributed by atoms with Gasteiger partial charge in [0.2, 0.25) is 0 Å². The zero-order valence-corrected chi connectivity index (χ0v) is 16.9. The first-order valence-electron chi connectivity index (χ1n) is 10.1. The van der Waals surface area contributed by atoms with E-state index in [1.54, 1.807) is 0 Å². The summed E-state index contributed by atoms with van der Waals surface area (Å²) in [4.78, 5) is 2.81. The fourth-order valence-electron chi connectivity index (χ4n) is 3.91. The van der Waals surface area contributed by atoms with E-state index in [2.05, 4.69) is 53.4 Å². The molecule has 0 saturated heterocycles. The molecule has 0 atom stereocenters. The topological polar surface area (TPSA) is 3.24 Å². The van der Waals surface area contributed by atoms with Gasteiger partial charge in [0.15, 0.2) is 0 Å². The molecule has 0 unspecified atom stereocenters. The summed E-state index contributed by atoms with van der Waals surface area (Å²) in [6.07, 6.45) is 13.6. The molecule has 0 aromatic heterocycles. The lowest BCUT2D eigenvalue weighted by Gasteiger charge is -2.45. The Kier molecular flexibility index (Phi) is 11.5. The highest BCUT2D eigenvalue weighted by Gasteiger charge is 2.33. The van der Waals surface area contributed by atoms with Gasteiger partial charge in [-0.1, -0.05) is 86.5 Å². The molecule has 0 rings (SSSR count). The minimum absolute atomic E-state index is 0.407. The Morgan fingerprint density at radius 1 is 0.636 bits per heavy atom. The molecule has 0 aliphatic carbocycles. The first-order chi connectivity index (χ1) is 10.3. The fraction of sp³-hybridized carbons (Fsp3) is 1.00. The molecule has 0 bridgehead atoms. The van der Waals surface area contributed by atoms with Crippen molar-refractivity contribution in [2.75, 3.05) is 13.1 Å². The van der Waals surface area contributed by atoms with E-state index in [0.717, 1.165) is 0 Å². The van der Waals surface area contributed by atoms with Crippen molar-refractivity contribution in [2.24, 2.45) is 5.41 Å². The van der Waals surface area contributed by atoms with Gasteiger partial charge in [0, 0.05) is 12.1 Å². The smallest absolute Gasteiger partial charge is 0.0181 e. The Balaban J connectivity index is 4.88. The van der Waals surface area contributed by atoms with Gasteiger partial charge in [0.05, 0.1) is 0 Å². The van der Waals surface area contributed by atoms with Crippen molar-refractivity contribution in [3.05, 3.63) is 0 Å². The zero-order chi connectivity index (χ0) is 17.1. The largest absolute Gasteiger partial charge is 0.298 e. The standard InChI is InChI=1S/C21H45N/c1-8-12-14-17-21(7,18-15-13-9-2)22(11-4)19-20(5,6)16-10-3/h8-19H2,1-7H3. The van der Waals surface area contributed by atoms with Crippen molar-refractivity contribution in [1.82, 2.24) is 4.90 Å². The van der Waals surface area contributed by atoms with E-state index >= 15 is 0 Å². The molecule has 0 heterocycles. The van der Waals surface area contributed by atoms with Gasteiger partial charge in [0.1, 0.15) is 0 Å². The summed E-state index contributed by atoms with van der Waals surface area (Å²) in [6.45, 7) is 19.2. The molecule has 0 spiro atoms. The highest BCUT2D eigenvalue weighted by atomic mass is 15.2. The molecule has 0 amide bonds. The minimum atomic E-state index is 0.407. The minimum Gasteiger partial charge on any atom is -0.298 e. The molecule has 0 aromatic rings. The maximum atomic E-state index is 2.81. The third-order valence-corrected chi connectivity index (χ3v) is 5.33. The SMILES string of the molecule is CCCCCC(C)(CCCCC)N(CC)CC(C)(C)CCC. The zero-order valence-electron chi connectivity index (χ0n) is 16.9. The van der Waals surface area contributed by atoms with Gasteiger partial charge < -0.3 is 0 Å². The highest BCUT2D eigenvalue weighted by molar-refractivity contribution is 4.88. The summed E-state index contributed by atoms with van der Waals surface area (Å²) in [5.74, 6) is 0. The molecule has 1 heteroatoms. The van der Waals surface area contributed by atoms with Gasteiger partial charge in [-0.05, 0) is 38.1 Å². The Morgan fingerprint density at radius 2 is 1.14 bits per heavy atom. The number of unbranched alkanes of at least 4 members (excludes halogenated alkanes) is 4. The average molecular weight is 312 g/mol. The van der Waals surface area contributed by atoms with Gasteiger partial charge >= 0.3 is 0 Å². The van der Waals surface area contributed by atoms with Crippen molar-refractivity contribution in [1.29, 1.82) is 0 Å². The molecule has 0 fully saturated rings. The van der Waals surface area contributed by atoms with Crippen LogP contribution in [0.2, 0.25) is 0 Å². The van der Waals surface area contributed by atoms with Crippen molar-refractivity contribution in [3.8, 4) is 0 Å². The van der Waals surface area contributed by atoms with Crippen LogP contribution in [0.4, 0.5) is 0 Å². The van der Waals surface area contributed by atoms with E-state index in [1.807, 2.05) is 0 Å². The summed E-state index contributed by atoms with van der Waals surface area (Å²) in [5.41, 5.74) is 0.853. The Morgan fingerprint density at radius 3 is 1.50 bits per heavy atom. The number of rotatable bonds is 14. The predicted molar refractivity (Wildman–Crippen MR) is 103 cm³/mol. The number of hydrogen-bond donors (Lipinski definition) is 0. The molecule has 0 aromatic carbocycles. The second kappa shape index (κ2) is 11.5. The molecule has 22 heavy (non-hydrogen) atoms. The molecule has 0 radical (unpaired) electrons. The van der Waals surface area contributed by atoms with Crippen LogP contribution in [0.1, 0.15) is 113 Å². The van der Waals surface area contributed by atoms with Crippen LogP contribution < -0.4 is 0 Å². The van der Waals surface area contributed by atoms with Gasteiger partial charge in [-0.25, -0.2) is 0 Å². The van der Waals surface area contributed by atoms with Crippen molar-refractivity contribution in [3.63, 3.8) is 0 Å². The van der Waals surface area contributed by atoms with Gasteiger partial charge in [-0.3, -0.25) is 4.90 Å². The monoisotopic (exact) mass is 311 g/mol. The van der Waals surface area contributed by atoms with Gasteiger partial charge in [0.25, 0.3) is 0 Å². The molecule has 0 aliphatic heterocycles.